The van der Waals surface area contributed by atoms with Crippen LogP contribution in [0.4, 0.5) is 5.13 Å². The molecule has 38 heavy (non-hydrogen) atoms. The van der Waals surface area contributed by atoms with Gasteiger partial charge in [0.05, 0.1) is 17.9 Å². The third kappa shape index (κ3) is 6.51. The van der Waals surface area contributed by atoms with E-state index in [4.69, 9.17) is 4.74 Å². The van der Waals surface area contributed by atoms with Gasteiger partial charge in [-0.3, -0.25) is 4.79 Å². The van der Waals surface area contributed by atoms with Gasteiger partial charge in [0.2, 0.25) is 21.8 Å². The molecule has 204 valence electrons. The standard InChI is InChI=1S/C27H35N5O4S2/c1-36-24-13-12-23-26(30-24)37-27(29-23)31-25(33)22(18-19-6-2-3-7-19)20-8-10-21(11-9-20)38(34,35)28-14-17-32-15-4-5-16-32/h8-13,19,22,28H,2-7,14-18H2,1H3,(H,29,31,33). The summed E-state index contributed by atoms with van der Waals surface area (Å²) in [5.41, 5.74) is 1.51. The maximum atomic E-state index is 13.5. The van der Waals surface area contributed by atoms with Crippen LogP contribution < -0.4 is 14.8 Å². The van der Waals surface area contributed by atoms with E-state index in [0.29, 0.717) is 33.8 Å². The number of thiazole rings is 1. The van der Waals surface area contributed by atoms with Crippen LogP contribution in [-0.4, -0.2) is 62.5 Å². The largest absolute Gasteiger partial charge is 0.481 e. The molecule has 9 nitrogen and oxygen atoms in total. The average molecular weight is 558 g/mol. The molecule has 0 spiro atoms. The first-order valence-electron chi connectivity index (χ1n) is 13.4. The first-order chi connectivity index (χ1) is 18.4. The minimum atomic E-state index is -3.61. The molecule has 1 aliphatic heterocycles. The Balaban J connectivity index is 1.29. The van der Waals surface area contributed by atoms with E-state index < -0.39 is 15.9 Å². The van der Waals surface area contributed by atoms with Crippen molar-refractivity contribution in [3.8, 4) is 5.88 Å². The zero-order chi connectivity index (χ0) is 26.5. The van der Waals surface area contributed by atoms with E-state index in [-0.39, 0.29) is 10.8 Å². The fourth-order valence-corrected chi connectivity index (χ4v) is 7.29. The minimum Gasteiger partial charge on any atom is -0.481 e. The number of ether oxygens (including phenoxy) is 1. The first-order valence-corrected chi connectivity index (χ1v) is 15.7. The van der Waals surface area contributed by atoms with Crippen molar-refractivity contribution in [3.05, 3.63) is 42.0 Å². The Morgan fingerprint density at radius 3 is 2.53 bits per heavy atom. The normalized spacial score (nSPS) is 17.7. The number of amides is 1. The summed E-state index contributed by atoms with van der Waals surface area (Å²) in [4.78, 5) is 25.6. The lowest BCUT2D eigenvalue weighted by Gasteiger charge is -2.20. The Morgan fingerprint density at radius 2 is 1.82 bits per heavy atom. The molecular weight excluding hydrogens is 522 g/mol. The molecule has 1 aromatic carbocycles. The molecule has 3 aromatic rings. The van der Waals surface area contributed by atoms with Gasteiger partial charge in [-0.15, -0.1) is 0 Å². The lowest BCUT2D eigenvalue weighted by Crippen LogP contribution is -2.33. The van der Waals surface area contributed by atoms with Gasteiger partial charge in [-0.2, -0.15) is 0 Å². The number of anilines is 1. The summed E-state index contributed by atoms with van der Waals surface area (Å²) in [6, 6.07) is 10.3. The van der Waals surface area contributed by atoms with Crippen LogP contribution in [0.25, 0.3) is 10.3 Å². The number of fused-ring (bicyclic) bond motifs is 1. The van der Waals surface area contributed by atoms with E-state index in [1.807, 2.05) is 6.07 Å². The van der Waals surface area contributed by atoms with Crippen molar-refractivity contribution in [2.45, 2.75) is 55.8 Å². The van der Waals surface area contributed by atoms with E-state index in [2.05, 4.69) is 24.9 Å². The molecule has 1 aliphatic carbocycles. The monoisotopic (exact) mass is 557 g/mol. The number of sulfonamides is 1. The Labute approximate surface area is 228 Å². The van der Waals surface area contributed by atoms with Gasteiger partial charge < -0.3 is 15.0 Å². The average Bonchev–Trinajstić information content (AvgIpc) is 3.69. The van der Waals surface area contributed by atoms with Gasteiger partial charge in [0.1, 0.15) is 10.3 Å². The number of rotatable bonds is 11. The van der Waals surface area contributed by atoms with Crippen LogP contribution in [-0.2, 0) is 14.8 Å². The maximum Gasteiger partial charge on any atom is 0.240 e. The van der Waals surface area contributed by atoms with E-state index >= 15 is 0 Å². The zero-order valence-electron chi connectivity index (χ0n) is 21.7. The van der Waals surface area contributed by atoms with Gasteiger partial charge in [0.15, 0.2) is 5.13 Å². The summed E-state index contributed by atoms with van der Waals surface area (Å²) in [6.07, 6.45) is 7.67. The maximum absolute atomic E-state index is 13.5. The number of benzene rings is 1. The van der Waals surface area contributed by atoms with Crippen LogP contribution in [0, 0.1) is 5.92 Å². The lowest BCUT2D eigenvalue weighted by atomic mass is 9.87. The summed E-state index contributed by atoms with van der Waals surface area (Å²) in [5, 5.41) is 3.48. The molecule has 1 unspecified atom stereocenters. The number of likely N-dealkylation sites (tertiary alicyclic amines) is 1. The lowest BCUT2D eigenvalue weighted by molar-refractivity contribution is -0.118. The molecule has 2 aromatic heterocycles. The molecule has 0 radical (unpaired) electrons. The van der Waals surface area contributed by atoms with E-state index in [1.165, 1.54) is 37.0 Å². The minimum absolute atomic E-state index is 0.137. The van der Waals surface area contributed by atoms with Crippen LogP contribution >= 0.6 is 11.3 Å². The number of nitrogens with one attached hydrogen (secondary N) is 2. The molecule has 1 amide bonds. The predicted molar refractivity (Wildman–Crippen MR) is 149 cm³/mol. The summed E-state index contributed by atoms with van der Waals surface area (Å²) < 4.78 is 33.6. The number of hydrogen-bond acceptors (Lipinski definition) is 8. The van der Waals surface area contributed by atoms with Crippen LogP contribution in [0.15, 0.2) is 41.3 Å². The Bertz CT molecular complexity index is 1350. The number of carbonyl (C=O) groups excluding carboxylic acids is 1. The van der Waals surface area contributed by atoms with Crippen LogP contribution in [0.2, 0.25) is 0 Å². The molecule has 2 aliphatic rings. The molecule has 1 atom stereocenters. The van der Waals surface area contributed by atoms with Crippen LogP contribution in [0.5, 0.6) is 5.88 Å². The fraction of sp³-hybridized carbons (Fsp3) is 0.519. The van der Waals surface area contributed by atoms with Gasteiger partial charge >= 0.3 is 0 Å². The number of aromatic nitrogens is 2. The molecular formula is C27H35N5O4S2. The fourth-order valence-electron chi connectivity index (χ4n) is 5.44. The summed E-state index contributed by atoms with van der Waals surface area (Å²) in [7, 11) is -2.05. The number of pyridine rings is 1. The molecule has 2 N–H and O–H groups in total. The van der Waals surface area contributed by atoms with Gasteiger partial charge in [0.25, 0.3) is 0 Å². The molecule has 0 bridgehead atoms. The van der Waals surface area contributed by atoms with Crippen molar-refractivity contribution in [1.82, 2.24) is 19.6 Å². The van der Waals surface area contributed by atoms with Crippen molar-refractivity contribution >= 4 is 42.7 Å². The second-order valence-corrected chi connectivity index (χ2v) is 12.9. The van der Waals surface area contributed by atoms with Crippen molar-refractivity contribution in [2.75, 3.05) is 38.6 Å². The van der Waals surface area contributed by atoms with Crippen molar-refractivity contribution in [3.63, 3.8) is 0 Å². The topological polar surface area (TPSA) is 114 Å². The second kappa shape index (κ2) is 12.1. The van der Waals surface area contributed by atoms with Gasteiger partial charge in [-0.05, 0) is 62.0 Å². The number of methoxy groups -OCH3 is 1. The quantitative estimate of drug-likeness (QED) is 0.360. The SMILES string of the molecule is COc1ccc2nc(NC(=O)C(CC3CCCC3)c3ccc(S(=O)(=O)NCCN4CCCC4)cc3)sc2n1. The third-order valence-electron chi connectivity index (χ3n) is 7.54. The molecule has 1 saturated heterocycles. The van der Waals surface area contributed by atoms with Crippen LogP contribution in [0.3, 0.4) is 0 Å². The summed E-state index contributed by atoms with van der Waals surface area (Å²) in [5.74, 6) is 0.441. The third-order valence-corrected chi connectivity index (χ3v) is 9.90. The van der Waals surface area contributed by atoms with Crippen molar-refractivity contribution in [1.29, 1.82) is 0 Å². The summed E-state index contributed by atoms with van der Waals surface area (Å²) >= 11 is 1.31. The Kier molecular flexibility index (Phi) is 8.57. The number of nitrogens with zero attached hydrogens (tertiary/aromatic N) is 3. The van der Waals surface area contributed by atoms with E-state index in [9.17, 15) is 13.2 Å². The highest BCUT2D eigenvalue weighted by Gasteiger charge is 2.28. The highest BCUT2D eigenvalue weighted by molar-refractivity contribution is 7.89. The molecule has 5 rings (SSSR count). The Hall–Kier alpha value is -2.60. The predicted octanol–water partition coefficient (Wildman–Crippen LogP) is 4.38. The van der Waals surface area contributed by atoms with E-state index in [0.717, 1.165) is 44.5 Å². The molecule has 3 heterocycles. The highest BCUT2D eigenvalue weighted by atomic mass is 32.2. The van der Waals surface area contributed by atoms with Crippen LogP contribution in [0.1, 0.15) is 56.4 Å². The first kappa shape index (κ1) is 27.0. The highest BCUT2D eigenvalue weighted by Crippen LogP contribution is 2.36. The Morgan fingerprint density at radius 1 is 1.08 bits per heavy atom. The van der Waals surface area contributed by atoms with Gasteiger partial charge in [0, 0.05) is 19.2 Å². The molecule has 11 heteroatoms. The van der Waals surface area contributed by atoms with Crippen molar-refractivity contribution in [2.24, 2.45) is 5.92 Å². The van der Waals surface area contributed by atoms with Gasteiger partial charge in [-0.25, -0.2) is 23.1 Å². The zero-order valence-corrected chi connectivity index (χ0v) is 23.3. The smallest absolute Gasteiger partial charge is 0.240 e. The van der Waals surface area contributed by atoms with Crippen molar-refractivity contribution < 1.29 is 17.9 Å². The summed E-state index contributed by atoms with van der Waals surface area (Å²) in [6.45, 7) is 3.17. The number of carbonyl (C=O) groups is 1. The number of hydrogen-bond donors (Lipinski definition) is 2. The second-order valence-electron chi connectivity index (χ2n) is 10.1. The molecule has 1 saturated carbocycles. The van der Waals surface area contributed by atoms with E-state index in [1.54, 1.807) is 37.4 Å². The molecule has 2 fully saturated rings. The van der Waals surface area contributed by atoms with Gasteiger partial charge in [-0.1, -0.05) is 49.2 Å².